The van der Waals surface area contributed by atoms with Crippen molar-refractivity contribution in [3.8, 4) is 0 Å². The maximum atomic E-state index is 2.62. The van der Waals surface area contributed by atoms with Crippen LogP contribution in [0.5, 0.6) is 0 Å². The van der Waals surface area contributed by atoms with Gasteiger partial charge >= 0.3 is 0 Å². The molecule has 0 N–H and O–H groups in total. The number of hydrogen-bond donors (Lipinski definition) is 0. The van der Waals surface area contributed by atoms with Gasteiger partial charge in [-0.1, -0.05) is 22.6 Å². The third-order valence-corrected chi connectivity index (χ3v) is 3.40. The molecule has 0 aliphatic carbocycles. The van der Waals surface area contributed by atoms with Gasteiger partial charge in [-0.05, 0) is 40.2 Å². The predicted molar refractivity (Wildman–Crippen MR) is 58.4 cm³/mol. The van der Waals surface area contributed by atoms with Crippen LogP contribution in [-0.4, -0.2) is 27.5 Å². The molecule has 0 amide bonds. The summed E-state index contributed by atoms with van der Waals surface area (Å²) in [5.41, 5.74) is 0.491. The van der Waals surface area contributed by atoms with E-state index in [0.717, 1.165) is 6.04 Å². The van der Waals surface area contributed by atoms with Crippen molar-refractivity contribution < 1.29 is 0 Å². The van der Waals surface area contributed by atoms with Gasteiger partial charge in [0.25, 0.3) is 0 Å². The Morgan fingerprint density at radius 1 is 1.55 bits per heavy atom. The summed E-state index contributed by atoms with van der Waals surface area (Å²) in [6, 6.07) is 0.827. The third kappa shape index (κ3) is 2.08. The molecule has 1 fully saturated rings. The molecule has 0 aromatic carbocycles. The molecule has 1 aliphatic heterocycles. The first kappa shape index (κ1) is 9.78. The number of likely N-dealkylation sites (tertiary alicyclic amines) is 1. The zero-order valence-corrected chi connectivity index (χ0v) is 9.89. The van der Waals surface area contributed by atoms with Crippen molar-refractivity contribution in [2.45, 2.75) is 45.2 Å². The fraction of sp³-hybridized carbons (Fsp3) is 1.00. The standard InChI is InChI=1S/C9H18IN/c1-8-7-9(2,3)11(8)6-4-5-10/h8H,4-7H2,1-3H3. The molecule has 1 saturated heterocycles. The van der Waals surface area contributed by atoms with Crippen LogP contribution >= 0.6 is 22.6 Å². The summed E-state index contributed by atoms with van der Waals surface area (Å²) in [7, 11) is 0. The van der Waals surface area contributed by atoms with Crippen LogP contribution in [0.2, 0.25) is 0 Å². The van der Waals surface area contributed by atoms with Crippen molar-refractivity contribution >= 4 is 22.6 Å². The summed E-state index contributed by atoms with van der Waals surface area (Å²) in [5.74, 6) is 0. The second-order valence-corrected chi connectivity index (χ2v) is 5.18. The van der Waals surface area contributed by atoms with E-state index < -0.39 is 0 Å². The first-order valence-corrected chi connectivity index (χ1v) is 5.93. The van der Waals surface area contributed by atoms with Gasteiger partial charge in [0.2, 0.25) is 0 Å². The summed E-state index contributed by atoms with van der Waals surface area (Å²) in [5, 5.41) is 0. The minimum absolute atomic E-state index is 0.491. The average Bonchev–Trinajstić information content (AvgIpc) is 1.86. The van der Waals surface area contributed by atoms with E-state index in [0.29, 0.717) is 5.54 Å². The normalized spacial score (nSPS) is 30.0. The summed E-state index contributed by atoms with van der Waals surface area (Å²) in [6.45, 7) is 8.32. The molecule has 0 aromatic heterocycles. The Labute approximate surface area is 83.7 Å². The van der Waals surface area contributed by atoms with Gasteiger partial charge in [-0.15, -0.1) is 0 Å². The molecule has 1 rings (SSSR count). The van der Waals surface area contributed by atoms with E-state index in [1.807, 2.05) is 0 Å². The van der Waals surface area contributed by atoms with Crippen molar-refractivity contribution in [1.29, 1.82) is 0 Å². The minimum atomic E-state index is 0.491. The number of rotatable bonds is 3. The van der Waals surface area contributed by atoms with Crippen LogP contribution in [0, 0.1) is 0 Å². The molecule has 1 nitrogen and oxygen atoms in total. The summed E-state index contributed by atoms with van der Waals surface area (Å²) < 4.78 is 1.29. The SMILES string of the molecule is CC1CC(C)(C)N1CCCI. The lowest BCUT2D eigenvalue weighted by Gasteiger charge is -2.54. The summed E-state index contributed by atoms with van der Waals surface area (Å²) in [4.78, 5) is 2.62. The number of hydrogen-bond acceptors (Lipinski definition) is 1. The van der Waals surface area contributed by atoms with Crippen molar-refractivity contribution in [2.75, 3.05) is 11.0 Å². The Morgan fingerprint density at radius 3 is 2.55 bits per heavy atom. The van der Waals surface area contributed by atoms with Crippen molar-refractivity contribution in [1.82, 2.24) is 4.90 Å². The summed E-state index contributed by atoms with van der Waals surface area (Å²) >= 11 is 2.45. The van der Waals surface area contributed by atoms with E-state index in [-0.39, 0.29) is 0 Å². The van der Waals surface area contributed by atoms with Crippen LogP contribution < -0.4 is 0 Å². The van der Waals surface area contributed by atoms with Gasteiger partial charge in [0.1, 0.15) is 0 Å². The highest BCUT2D eigenvalue weighted by Crippen LogP contribution is 2.35. The Balaban J connectivity index is 2.31. The van der Waals surface area contributed by atoms with E-state index in [9.17, 15) is 0 Å². The minimum Gasteiger partial charge on any atom is -0.295 e. The van der Waals surface area contributed by atoms with Crippen molar-refractivity contribution in [3.63, 3.8) is 0 Å². The Morgan fingerprint density at radius 2 is 2.18 bits per heavy atom. The molecule has 1 aliphatic rings. The van der Waals surface area contributed by atoms with Gasteiger partial charge in [0.15, 0.2) is 0 Å². The molecule has 0 spiro atoms. The van der Waals surface area contributed by atoms with Gasteiger partial charge in [-0.2, -0.15) is 0 Å². The molecule has 2 heteroatoms. The lowest BCUT2D eigenvalue weighted by atomic mass is 9.82. The van der Waals surface area contributed by atoms with E-state index >= 15 is 0 Å². The van der Waals surface area contributed by atoms with Crippen molar-refractivity contribution in [3.05, 3.63) is 0 Å². The fourth-order valence-electron chi connectivity index (χ4n) is 2.19. The van der Waals surface area contributed by atoms with Crippen LogP contribution in [0.3, 0.4) is 0 Å². The molecule has 1 unspecified atom stereocenters. The lowest BCUT2D eigenvalue weighted by molar-refractivity contribution is -0.0391. The monoisotopic (exact) mass is 267 g/mol. The zero-order valence-electron chi connectivity index (χ0n) is 7.73. The highest BCUT2D eigenvalue weighted by Gasteiger charge is 2.41. The zero-order chi connectivity index (χ0) is 8.48. The highest BCUT2D eigenvalue weighted by molar-refractivity contribution is 14.1. The van der Waals surface area contributed by atoms with Gasteiger partial charge < -0.3 is 0 Å². The topological polar surface area (TPSA) is 3.24 Å². The summed E-state index contributed by atoms with van der Waals surface area (Å²) in [6.07, 6.45) is 2.71. The second-order valence-electron chi connectivity index (χ2n) is 4.10. The smallest absolute Gasteiger partial charge is 0.0170 e. The van der Waals surface area contributed by atoms with Crippen molar-refractivity contribution in [2.24, 2.45) is 0 Å². The molecule has 1 heterocycles. The van der Waals surface area contributed by atoms with Gasteiger partial charge in [-0.25, -0.2) is 0 Å². The Hall–Kier alpha value is 0.690. The lowest BCUT2D eigenvalue weighted by Crippen LogP contribution is -2.61. The Bertz CT molecular complexity index is 134. The molecule has 0 bridgehead atoms. The largest absolute Gasteiger partial charge is 0.295 e. The average molecular weight is 267 g/mol. The van der Waals surface area contributed by atoms with Crippen LogP contribution in [0.1, 0.15) is 33.6 Å². The molecule has 0 radical (unpaired) electrons. The maximum absolute atomic E-state index is 2.62. The fourth-order valence-corrected chi connectivity index (χ4v) is 2.53. The first-order chi connectivity index (χ1) is 5.08. The molecule has 1 atom stereocenters. The van der Waals surface area contributed by atoms with Crippen LogP contribution in [0.15, 0.2) is 0 Å². The number of nitrogens with zero attached hydrogens (tertiary/aromatic N) is 1. The van der Waals surface area contributed by atoms with E-state index in [1.54, 1.807) is 0 Å². The number of halogens is 1. The molecular weight excluding hydrogens is 249 g/mol. The molecule has 0 saturated carbocycles. The number of alkyl halides is 1. The van der Waals surface area contributed by atoms with E-state index in [4.69, 9.17) is 0 Å². The first-order valence-electron chi connectivity index (χ1n) is 4.40. The molecule has 0 aromatic rings. The molecular formula is C9H18IN. The predicted octanol–water partition coefficient (Wildman–Crippen LogP) is 2.68. The van der Waals surface area contributed by atoms with Gasteiger partial charge in [0.05, 0.1) is 0 Å². The van der Waals surface area contributed by atoms with E-state index in [1.165, 1.54) is 23.8 Å². The van der Waals surface area contributed by atoms with Gasteiger partial charge in [-0.3, -0.25) is 4.90 Å². The van der Waals surface area contributed by atoms with Crippen LogP contribution in [0.25, 0.3) is 0 Å². The quantitative estimate of drug-likeness (QED) is 0.561. The Kier molecular flexibility index (Phi) is 3.20. The van der Waals surface area contributed by atoms with Crippen LogP contribution in [0.4, 0.5) is 0 Å². The van der Waals surface area contributed by atoms with Crippen LogP contribution in [-0.2, 0) is 0 Å². The maximum Gasteiger partial charge on any atom is 0.0170 e. The highest BCUT2D eigenvalue weighted by atomic mass is 127. The van der Waals surface area contributed by atoms with Gasteiger partial charge in [0, 0.05) is 16.0 Å². The molecule has 66 valence electrons. The molecule has 11 heavy (non-hydrogen) atoms. The van der Waals surface area contributed by atoms with E-state index in [2.05, 4.69) is 48.3 Å². The second kappa shape index (κ2) is 3.60. The third-order valence-electron chi connectivity index (χ3n) is 2.64.